The highest BCUT2D eigenvalue weighted by Crippen LogP contribution is 2.19. The van der Waals surface area contributed by atoms with Gasteiger partial charge in [0, 0.05) is 13.1 Å². The molecule has 1 atom stereocenters. The van der Waals surface area contributed by atoms with E-state index >= 15 is 0 Å². The highest BCUT2D eigenvalue weighted by Gasteiger charge is 2.37. The van der Waals surface area contributed by atoms with E-state index in [9.17, 15) is 17.6 Å². The summed E-state index contributed by atoms with van der Waals surface area (Å²) < 4.78 is 48.8. The first kappa shape index (κ1) is 14.1. The first-order chi connectivity index (χ1) is 7.80. The van der Waals surface area contributed by atoms with E-state index in [0.717, 1.165) is 6.07 Å². The van der Waals surface area contributed by atoms with Crippen LogP contribution in [-0.4, -0.2) is 28.9 Å². The zero-order valence-electron chi connectivity index (χ0n) is 8.43. The summed E-state index contributed by atoms with van der Waals surface area (Å²) in [5, 5.41) is 10.9. The minimum absolute atomic E-state index is 0.0413. The lowest BCUT2D eigenvalue weighted by Crippen LogP contribution is -2.38. The number of aromatic nitrogens is 1. The van der Waals surface area contributed by atoms with Crippen LogP contribution in [0.3, 0.4) is 0 Å². The number of pyridine rings is 1. The number of aliphatic hydroxyl groups is 1. The maximum atomic E-state index is 13.1. The first-order valence-electron chi connectivity index (χ1n) is 4.57. The molecule has 0 aliphatic heterocycles. The molecule has 0 aromatic carbocycles. The van der Waals surface area contributed by atoms with Gasteiger partial charge in [-0.1, -0.05) is 11.6 Å². The summed E-state index contributed by atoms with van der Waals surface area (Å²) in [6.45, 7) is -0.989. The van der Waals surface area contributed by atoms with Crippen LogP contribution in [-0.2, 0) is 6.54 Å². The van der Waals surface area contributed by atoms with Crippen LogP contribution in [0.4, 0.5) is 17.6 Å². The molecule has 0 saturated carbocycles. The van der Waals surface area contributed by atoms with Gasteiger partial charge < -0.3 is 10.4 Å². The predicted octanol–water partition coefficient (Wildman–Crippen LogP) is 1.89. The molecule has 1 rings (SSSR count). The van der Waals surface area contributed by atoms with Crippen molar-refractivity contribution in [2.45, 2.75) is 18.8 Å². The maximum absolute atomic E-state index is 13.1. The quantitative estimate of drug-likeness (QED) is 0.650. The lowest BCUT2D eigenvalue weighted by Gasteiger charge is -2.14. The molecule has 0 aliphatic rings. The van der Waals surface area contributed by atoms with Gasteiger partial charge in [0.25, 0.3) is 0 Å². The number of aliphatic hydroxyl groups excluding tert-OH is 1. The number of hydrogen-bond donors (Lipinski definition) is 2. The maximum Gasteiger partial charge on any atom is 0.415 e. The van der Waals surface area contributed by atoms with Crippen LogP contribution in [0.5, 0.6) is 0 Å². The SMILES string of the molecule is OC(CNCc1nc(Cl)ccc1F)C(F)(F)F. The number of rotatable bonds is 4. The second-order valence-corrected chi connectivity index (χ2v) is 3.64. The summed E-state index contributed by atoms with van der Waals surface area (Å²) in [7, 11) is 0. The van der Waals surface area contributed by atoms with Crippen molar-refractivity contribution >= 4 is 11.6 Å². The van der Waals surface area contributed by atoms with Crippen LogP contribution in [0.2, 0.25) is 5.15 Å². The lowest BCUT2D eigenvalue weighted by atomic mass is 10.3. The van der Waals surface area contributed by atoms with Crippen LogP contribution in [0.15, 0.2) is 12.1 Å². The average Bonchev–Trinajstić information content (AvgIpc) is 2.21. The second-order valence-electron chi connectivity index (χ2n) is 3.25. The lowest BCUT2D eigenvalue weighted by molar-refractivity contribution is -0.201. The van der Waals surface area contributed by atoms with Crippen LogP contribution in [0, 0.1) is 5.82 Å². The van der Waals surface area contributed by atoms with Gasteiger partial charge in [-0.15, -0.1) is 0 Å². The molecular weight excluding hydrogens is 264 g/mol. The van der Waals surface area contributed by atoms with Crippen molar-refractivity contribution in [1.82, 2.24) is 10.3 Å². The Morgan fingerprint density at radius 2 is 2.06 bits per heavy atom. The molecule has 3 nitrogen and oxygen atoms in total. The molecule has 0 spiro atoms. The number of halogens is 5. The molecule has 0 saturated heterocycles. The van der Waals surface area contributed by atoms with Crippen molar-refractivity contribution < 1.29 is 22.7 Å². The molecule has 8 heteroatoms. The minimum Gasteiger partial charge on any atom is -0.382 e. The molecule has 1 aromatic rings. The third-order valence-electron chi connectivity index (χ3n) is 1.89. The third kappa shape index (κ3) is 4.45. The van der Waals surface area contributed by atoms with E-state index in [1.807, 2.05) is 0 Å². The molecule has 17 heavy (non-hydrogen) atoms. The normalized spacial score (nSPS) is 13.8. The Morgan fingerprint density at radius 3 is 2.65 bits per heavy atom. The van der Waals surface area contributed by atoms with Gasteiger partial charge >= 0.3 is 6.18 Å². The minimum atomic E-state index is -4.70. The zero-order valence-corrected chi connectivity index (χ0v) is 9.19. The Labute approximate surface area is 99.4 Å². The fourth-order valence-corrected chi connectivity index (χ4v) is 1.19. The Bertz CT molecular complexity index is 386. The Morgan fingerprint density at radius 1 is 1.41 bits per heavy atom. The molecule has 0 amide bonds. The van der Waals surface area contributed by atoms with E-state index in [-0.39, 0.29) is 17.4 Å². The van der Waals surface area contributed by atoms with Crippen molar-refractivity contribution in [3.63, 3.8) is 0 Å². The van der Waals surface area contributed by atoms with Gasteiger partial charge in [0.05, 0.1) is 5.69 Å². The van der Waals surface area contributed by atoms with Gasteiger partial charge in [0.15, 0.2) is 6.10 Å². The monoisotopic (exact) mass is 272 g/mol. The van der Waals surface area contributed by atoms with Crippen molar-refractivity contribution in [2.75, 3.05) is 6.54 Å². The van der Waals surface area contributed by atoms with Crippen LogP contribution in [0.1, 0.15) is 5.69 Å². The summed E-state index contributed by atoms with van der Waals surface area (Å²) in [5.74, 6) is -0.677. The largest absolute Gasteiger partial charge is 0.415 e. The Balaban J connectivity index is 2.49. The molecule has 1 aromatic heterocycles. The summed E-state index contributed by atoms with van der Waals surface area (Å²) in [4.78, 5) is 3.60. The van der Waals surface area contributed by atoms with E-state index in [2.05, 4.69) is 10.3 Å². The smallest absolute Gasteiger partial charge is 0.382 e. The molecule has 0 bridgehead atoms. The fourth-order valence-electron chi connectivity index (χ4n) is 1.02. The summed E-state index contributed by atoms with van der Waals surface area (Å²) >= 11 is 5.50. The summed E-state index contributed by atoms with van der Waals surface area (Å²) in [6.07, 6.45) is -7.20. The predicted molar refractivity (Wildman–Crippen MR) is 53.0 cm³/mol. The van der Waals surface area contributed by atoms with E-state index in [1.165, 1.54) is 6.07 Å². The van der Waals surface area contributed by atoms with Crippen LogP contribution < -0.4 is 5.32 Å². The van der Waals surface area contributed by atoms with Crippen molar-refractivity contribution in [2.24, 2.45) is 0 Å². The Kier molecular flexibility index (Phi) is 4.67. The molecule has 0 aliphatic carbocycles. The number of nitrogens with one attached hydrogen (secondary N) is 1. The highest BCUT2D eigenvalue weighted by molar-refractivity contribution is 6.29. The fraction of sp³-hybridized carbons (Fsp3) is 0.444. The van der Waals surface area contributed by atoms with E-state index in [4.69, 9.17) is 16.7 Å². The number of hydrogen-bond acceptors (Lipinski definition) is 3. The van der Waals surface area contributed by atoms with Gasteiger partial charge in [-0.3, -0.25) is 0 Å². The van der Waals surface area contributed by atoms with Crippen LogP contribution >= 0.6 is 11.6 Å². The molecule has 1 heterocycles. The van der Waals surface area contributed by atoms with Crippen LogP contribution in [0.25, 0.3) is 0 Å². The molecule has 96 valence electrons. The highest BCUT2D eigenvalue weighted by atomic mass is 35.5. The molecule has 0 fully saturated rings. The standard InChI is InChI=1S/C9H9ClF4N2O/c10-8-2-1-5(11)6(16-8)3-15-4-7(17)9(12,13)14/h1-2,7,15,17H,3-4H2. The van der Waals surface area contributed by atoms with Gasteiger partial charge in [-0.25, -0.2) is 9.37 Å². The molecular formula is C9H9ClF4N2O. The zero-order chi connectivity index (χ0) is 13.1. The van der Waals surface area contributed by atoms with E-state index < -0.39 is 24.6 Å². The first-order valence-corrected chi connectivity index (χ1v) is 4.95. The number of alkyl halides is 3. The third-order valence-corrected chi connectivity index (χ3v) is 2.10. The summed E-state index contributed by atoms with van der Waals surface area (Å²) in [6, 6.07) is 2.29. The van der Waals surface area contributed by atoms with E-state index in [1.54, 1.807) is 0 Å². The van der Waals surface area contributed by atoms with Gasteiger partial charge in [-0.2, -0.15) is 13.2 Å². The van der Waals surface area contributed by atoms with Gasteiger partial charge in [0.2, 0.25) is 0 Å². The van der Waals surface area contributed by atoms with Crippen molar-refractivity contribution in [3.05, 3.63) is 28.8 Å². The van der Waals surface area contributed by atoms with Gasteiger partial charge in [0.1, 0.15) is 11.0 Å². The van der Waals surface area contributed by atoms with Crippen molar-refractivity contribution in [3.8, 4) is 0 Å². The van der Waals surface area contributed by atoms with E-state index in [0.29, 0.717) is 0 Å². The Hall–Kier alpha value is -0.920. The second kappa shape index (κ2) is 5.61. The molecule has 0 radical (unpaired) electrons. The average molecular weight is 273 g/mol. The summed E-state index contributed by atoms with van der Waals surface area (Å²) in [5.41, 5.74) is -0.105. The molecule has 2 N–H and O–H groups in total. The van der Waals surface area contributed by atoms with Crippen molar-refractivity contribution in [1.29, 1.82) is 0 Å². The topological polar surface area (TPSA) is 45.1 Å². The molecule has 1 unspecified atom stereocenters. The van der Waals surface area contributed by atoms with Gasteiger partial charge in [-0.05, 0) is 12.1 Å². The number of nitrogens with zero attached hydrogens (tertiary/aromatic N) is 1.